The second-order valence-corrected chi connectivity index (χ2v) is 15.8. The van der Waals surface area contributed by atoms with E-state index in [2.05, 4.69) is 19.9 Å². The first kappa shape index (κ1) is 44.8. The zero-order valence-corrected chi connectivity index (χ0v) is 37.0. The number of nitrogens with one attached hydrogen (secondary N) is 3. The highest BCUT2D eigenvalue weighted by Gasteiger charge is 2.28. The third kappa shape index (κ3) is 8.27. The standard InChI is InChI=1S/C34H28N4O6.C17H16N2O4/c1-4-18-17-24(31(39)36-28(18)21-9-11-26-20(16-21)12-14-38(26)3)34(43)44-30-23(5-2)29(37-32(40)27(30)33(41)42)22-8-10-25-19(15-22)7-6-13-35-25;1-3-11-14(18-16(21)13(15(11)20)17(22)23)10-4-5-12-9(8-10)6-7-19(12)2/h6-17H,4-5H2,1-3H3,(H,36,39)(H,37,40)(H,41,42);4-8H,3H2,1-2H3,(H,22,23)(H2,18,20,21). The number of nitrogens with zero attached hydrogens (tertiary/aromatic N) is 3. The number of carboxylic acids is 2. The van der Waals surface area contributed by atoms with Gasteiger partial charge in [-0.15, -0.1) is 0 Å². The van der Waals surface area contributed by atoms with Crippen LogP contribution in [0.4, 0.5) is 0 Å². The number of hydrogen-bond donors (Lipinski definition) is 6. The monoisotopic (exact) mass is 900 g/mol. The number of rotatable bonds is 10. The maximum Gasteiger partial charge on any atom is 0.349 e. The predicted molar refractivity (Wildman–Crippen MR) is 254 cm³/mol. The van der Waals surface area contributed by atoms with Gasteiger partial charge in [0.15, 0.2) is 16.9 Å². The molecule has 0 aliphatic rings. The molecule has 0 unspecified atom stereocenters. The van der Waals surface area contributed by atoms with Crippen LogP contribution < -0.4 is 21.4 Å². The topological polar surface area (TPSA) is 242 Å². The summed E-state index contributed by atoms with van der Waals surface area (Å²) in [7, 11) is 3.89. The van der Waals surface area contributed by atoms with E-state index in [1.807, 2.05) is 103 Å². The molecule has 67 heavy (non-hydrogen) atoms. The van der Waals surface area contributed by atoms with Crippen LogP contribution in [0.5, 0.6) is 11.5 Å². The van der Waals surface area contributed by atoms with Gasteiger partial charge in [0.2, 0.25) is 0 Å². The molecule has 0 aliphatic carbocycles. The second kappa shape index (κ2) is 18.0. The van der Waals surface area contributed by atoms with E-state index in [1.165, 1.54) is 6.07 Å². The second-order valence-electron chi connectivity index (χ2n) is 15.8. The number of aromatic nitrogens is 6. The van der Waals surface area contributed by atoms with Gasteiger partial charge in [0, 0.05) is 71.0 Å². The molecule has 0 atom stereocenters. The summed E-state index contributed by atoms with van der Waals surface area (Å²) < 4.78 is 9.63. The lowest BCUT2D eigenvalue weighted by molar-refractivity contribution is 0.0668. The Hall–Kier alpha value is -8.79. The number of aromatic amines is 3. The first-order valence-corrected chi connectivity index (χ1v) is 21.3. The van der Waals surface area contributed by atoms with Crippen LogP contribution >= 0.6 is 0 Å². The molecule has 16 heteroatoms. The minimum absolute atomic E-state index is 0.220. The van der Waals surface area contributed by atoms with E-state index in [9.17, 15) is 39.0 Å². The van der Waals surface area contributed by atoms with Crippen LogP contribution in [0.1, 0.15) is 68.5 Å². The van der Waals surface area contributed by atoms with Gasteiger partial charge >= 0.3 is 17.9 Å². The minimum Gasteiger partial charge on any atom is -0.506 e. The zero-order valence-electron chi connectivity index (χ0n) is 37.0. The maximum atomic E-state index is 13.5. The SMILES string of the molecule is CCc1c(-c2ccc3c(ccn3C)c2)[nH]c(=O)c(C(=O)O)c1O.CCc1cc(C(=O)Oc2c(CC)c(-c3ccc4ncccc4c3)[nH]c(=O)c2C(=O)O)c(=O)[nH]c1-c1ccc2c(ccn2C)c1. The van der Waals surface area contributed by atoms with Crippen LogP contribution in [0.25, 0.3) is 66.5 Å². The number of H-pyrrole nitrogens is 3. The van der Waals surface area contributed by atoms with E-state index in [1.54, 1.807) is 38.2 Å². The molecule has 9 rings (SSSR count). The highest BCUT2D eigenvalue weighted by molar-refractivity contribution is 5.98. The number of pyridine rings is 4. The van der Waals surface area contributed by atoms with Gasteiger partial charge in [0.25, 0.3) is 16.7 Å². The van der Waals surface area contributed by atoms with Gasteiger partial charge in [-0.3, -0.25) is 19.4 Å². The Bertz CT molecular complexity index is 3670. The van der Waals surface area contributed by atoms with Crippen molar-refractivity contribution in [2.24, 2.45) is 14.1 Å². The summed E-state index contributed by atoms with van der Waals surface area (Å²) in [5.41, 5.74) is 3.57. The Morgan fingerprint density at radius 3 is 1.70 bits per heavy atom. The van der Waals surface area contributed by atoms with Gasteiger partial charge in [-0.05, 0) is 102 Å². The molecule has 0 fully saturated rings. The number of benzene rings is 3. The van der Waals surface area contributed by atoms with Crippen LogP contribution in [-0.2, 0) is 33.4 Å². The number of hydrogen-bond acceptors (Lipinski definition) is 9. The van der Waals surface area contributed by atoms with Crippen molar-refractivity contribution in [3.63, 3.8) is 0 Å². The molecule has 6 aromatic heterocycles. The highest BCUT2D eigenvalue weighted by Crippen LogP contribution is 2.34. The highest BCUT2D eigenvalue weighted by atomic mass is 16.5. The number of aromatic hydroxyl groups is 1. The number of carboxylic acid groups (broad SMARTS) is 2. The Kier molecular flexibility index (Phi) is 12.0. The zero-order chi connectivity index (χ0) is 47.8. The third-order valence-electron chi connectivity index (χ3n) is 11.9. The summed E-state index contributed by atoms with van der Waals surface area (Å²) in [6.45, 7) is 5.44. The van der Waals surface area contributed by atoms with E-state index < -0.39 is 57.2 Å². The molecule has 0 radical (unpaired) electrons. The first-order chi connectivity index (χ1) is 32.1. The molecule has 0 aliphatic heterocycles. The Balaban J connectivity index is 0.000000222. The fraction of sp³-hybridized carbons (Fsp3) is 0.157. The van der Waals surface area contributed by atoms with Crippen LogP contribution in [0.2, 0.25) is 0 Å². The molecule has 0 amide bonds. The molecule has 9 aromatic rings. The molecule has 338 valence electrons. The normalized spacial score (nSPS) is 11.2. The lowest BCUT2D eigenvalue weighted by Gasteiger charge is -2.16. The summed E-state index contributed by atoms with van der Waals surface area (Å²) in [6, 6.07) is 25.9. The third-order valence-corrected chi connectivity index (χ3v) is 11.9. The molecule has 0 saturated heterocycles. The maximum absolute atomic E-state index is 13.5. The van der Waals surface area contributed by atoms with Crippen molar-refractivity contribution in [2.75, 3.05) is 0 Å². The largest absolute Gasteiger partial charge is 0.506 e. The van der Waals surface area contributed by atoms with Gasteiger partial charge in [0.05, 0.1) is 22.6 Å². The van der Waals surface area contributed by atoms with Crippen molar-refractivity contribution in [3.05, 3.63) is 168 Å². The Morgan fingerprint density at radius 1 is 0.612 bits per heavy atom. The molecule has 0 saturated carbocycles. The number of aryl methyl sites for hydroxylation is 3. The molecule has 0 bridgehead atoms. The number of esters is 1. The summed E-state index contributed by atoms with van der Waals surface area (Å²) in [5.74, 6) is -4.93. The number of carbonyl (C=O) groups is 3. The van der Waals surface area contributed by atoms with Gasteiger partial charge in [0.1, 0.15) is 11.3 Å². The molecule has 0 spiro atoms. The summed E-state index contributed by atoms with van der Waals surface area (Å²) in [5, 5.41) is 32.0. The van der Waals surface area contributed by atoms with Crippen LogP contribution in [0.15, 0.2) is 118 Å². The smallest absolute Gasteiger partial charge is 0.349 e. The van der Waals surface area contributed by atoms with E-state index in [4.69, 9.17) is 9.84 Å². The fourth-order valence-electron chi connectivity index (χ4n) is 8.44. The van der Waals surface area contributed by atoms with Crippen molar-refractivity contribution < 1.29 is 34.4 Å². The summed E-state index contributed by atoms with van der Waals surface area (Å²) in [6.07, 6.45) is 6.65. The summed E-state index contributed by atoms with van der Waals surface area (Å²) in [4.78, 5) is 87.7. The van der Waals surface area contributed by atoms with Gasteiger partial charge in [-0.25, -0.2) is 14.4 Å². The van der Waals surface area contributed by atoms with Crippen LogP contribution in [-0.4, -0.2) is 62.3 Å². The fourth-order valence-corrected chi connectivity index (χ4v) is 8.44. The summed E-state index contributed by atoms with van der Waals surface area (Å²) >= 11 is 0. The van der Waals surface area contributed by atoms with Crippen molar-refractivity contribution in [1.82, 2.24) is 29.1 Å². The Labute approximate surface area is 380 Å². The predicted octanol–water partition coefficient (Wildman–Crippen LogP) is 7.98. The quantitative estimate of drug-likeness (QED) is 0.0719. The molecule has 6 N–H and O–H groups in total. The lowest BCUT2D eigenvalue weighted by atomic mass is 9.99. The van der Waals surface area contributed by atoms with Crippen molar-refractivity contribution in [1.29, 1.82) is 0 Å². The first-order valence-electron chi connectivity index (χ1n) is 21.3. The van der Waals surface area contributed by atoms with Crippen molar-refractivity contribution in [2.45, 2.75) is 40.0 Å². The number of fused-ring (bicyclic) bond motifs is 3. The van der Waals surface area contributed by atoms with E-state index in [-0.39, 0.29) is 12.0 Å². The average Bonchev–Trinajstić information content (AvgIpc) is 3.88. The molecule has 3 aromatic carbocycles. The van der Waals surface area contributed by atoms with E-state index >= 15 is 0 Å². The number of aromatic carboxylic acids is 2. The molecular weight excluding hydrogens is 857 g/mol. The van der Waals surface area contributed by atoms with E-state index in [0.717, 1.165) is 43.8 Å². The van der Waals surface area contributed by atoms with Gasteiger partial charge < -0.3 is 44.1 Å². The van der Waals surface area contributed by atoms with Crippen molar-refractivity contribution in [3.8, 4) is 45.3 Å². The molecule has 16 nitrogen and oxygen atoms in total. The molecule has 6 heterocycles. The number of carbonyl (C=O) groups excluding carboxylic acids is 1. The van der Waals surface area contributed by atoms with Crippen LogP contribution in [0.3, 0.4) is 0 Å². The van der Waals surface area contributed by atoms with E-state index in [0.29, 0.717) is 52.2 Å². The molecular formula is C51H44N6O10. The van der Waals surface area contributed by atoms with Crippen molar-refractivity contribution >= 4 is 50.6 Å². The number of ether oxygens (including phenoxy) is 1. The minimum atomic E-state index is -1.56. The Morgan fingerprint density at radius 2 is 1.13 bits per heavy atom. The van der Waals surface area contributed by atoms with Gasteiger partial charge in [-0.1, -0.05) is 45.0 Å². The van der Waals surface area contributed by atoms with Crippen LogP contribution in [0, 0.1) is 0 Å². The lowest BCUT2D eigenvalue weighted by Crippen LogP contribution is -2.27. The average molecular weight is 901 g/mol. The van der Waals surface area contributed by atoms with Gasteiger partial charge in [-0.2, -0.15) is 0 Å².